The minimum atomic E-state index is -1.07. The molecule has 1 aliphatic rings. The molecule has 0 spiro atoms. The summed E-state index contributed by atoms with van der Waals surface area (Å²) >= 11 is 0. The molecule has 7 heteroatoms. The molecule has 0 aliphatic carbocycles. The van der Waals surface area contributed by atoms with Crippen molar-refractivity contribution in [2.75, 3.05) is 21.3 Å². The predicted octanol–water partition coefficient (Wildman–Crippen LogP) is 1.69. The minimum Gasteiger partial charge on any atom is -0.497 e. The van der Waals surface area contributed by atoms with Gasteiger partial charge in [-0.15, -0.1) is 0 Å². The normalized spacial score (nSPS) is 17.0. The molecule has 1 heterocycles. The Morgan fingerprint density at radius 2 is 2.00 bits per heavy atom. The number of nitrogens with zero attached hydrogens (tertiary/aromatic N) is 1. The second-order valence-corrected chi connectivity index (χ2v) is 3.76. The van der Waals surface area contributed by atoms with E-state index in [-0.39, 0.29) is 5.70 Å². The molecule has 0 aromatic heterocycles. The summed E-state index contributed by atoms with van der Waals surface area (Å²) < 4.78 is 20.7. The van der Waals surface area contributed by atoms with Crippen LogP contribution in [0.2, 0.25) is 0 Å². The number of nitro groups is 1. The molecule has 102 valence electrons. The van der Waals surface area contributed by atoms with Crippen molar-refractivity contribution < 1.29 is 23.9 Å². The Hall–Kier alpha value is -2.28. The summed E-state index contributed by atoms with van der Waals surface area (Å²) in [7, 11) is 4.32. The first-order chi connectivity index (χ1) is 9.10. The summed E-state index contributed by atoms with van der Waals surface area (Å²) in [6, 6.07) is 3.27. The summed E-state index contributed by atoms with van der Waals surface area (Å²) in [5.74, 6) is 1.34. The molecule has 1 aromatic carbocycles. The average molecular weight is 267 g/mol. The Morgan fingerprint density at radius 1 is 1.26 bits per heavy atom. The van der Waals surface area contributed by atoms with E-state index >= 15 is 0 Å². The van der Waals surface area contributed by atoms with Gasteiger partial charge in [-0.1, -0.05) is 0 Å². The Bertz CT molecular complexity index is 539. The third-order valence-corrected chi connectivity index (χ3v) is 2.71. The van der Waals surface area contributed by atoms with Crippen molar-refractivity contribution in [2.45, 2.75) is 6.29 Å². The lowest BCUT2D eigenvalue weighted by Crippen LogP contribution is -2.28. The maximum atomic E-state index is 11.0. The van der Waals surface area contributed by atoms with Gasteiger partial charge in [0.25, 0.3) is 6.29 Å². The molecule has 1 aliphatic heterocycles. The van der Waals surface area contributed by atoms with E-state index in [1.165, 1.54) is 27.4 Å². The van der Waals surface area contributed by atoms with Gasteiger partial charge in [0.05, 0.1) is 19.1 Å². The highest BCUT2D eigenvalue weighted by atomic mass is 16.7. The summed E-state index contributed by atoms with van der Waals surface area (Å²) in [5, 5.41) is 11.0. The van der Waals surface area contributed by atoms with Gasteiger partial charge in [0.1, 0.15) is 5.75 Å². The van der Waals surface area contributed by atoms with Crippen molar-refractivity contribution in [1.29, 1.82) is 0 Å². The van der Waals surface area contributed by atoms with Crippen LogP contribution in [0.3, 0.4) is 0 Å². The highest BCUT2D eigenvalue weighted by Gasteiger charge is 2.33. The summed E-state index contributed by atoms with van der Waals surface area (Å²) in [4.78, 5) is 10.4. The van der Waals surface area contributed by atoms with E-state index in [0.29, 0.717) is 22.8 Å². The van der Waals surface area contributed by atoms with Gasteiger partial charge < -0.3 is 18.9 Å². The molecular formula is C12H13NO6. The molecule has 2 rings (SSSR count). The van der Waals surface area contributed by atoms with Gasteiger partial charge in [0.15, 0.2) is 11.5 Å². The van der Waals surface area contributed by atoms with Crippen LogP contribution in [-0.2, 0) is 4.74 Å². The highest BCUT2D eigenvalue weighted by molar-refractivity contribution is 5.68. The number of benzene rings is 1. The van der Waals surface area contributed by atoms with E-state index in [9.17, 15) is 10.1 Å². The zero-order chi connectivity index (χ0) is 14.0. The number of hydrogen-bond acceptors (Lipinski definition) is 6. The van der Waals surface area contributed by atoms with Gasteiger partial charge in [-0.2, -0.15) is 0 Å². The molecule has 1 atom stereocenters. The first-order valence-electron chi connectivity index (χ1n) is 5.42. The van der Waals surface area contributed by atoms with Gasteiger partial charge >= 0.3 is 5.70 Å². The number of hydrogen-bond donors (Lipinski definition) is 0. The highest BCUT2D eigenvalue weighted by Crippen LogP contribution is 2.41. The molecule has 0 bridgehead atoms. The van der Waals surface area contributed by atoms with Crippen molar-refractivity contribution in [3.63, 3.8) is 0 Å². The standard InChI is InChI=1S/C12H13NO6/c1-16-8-4-7-5-9(13(14)15)12(18-3)19-11(7)10(6-8)17-2/h4-6,12H,1-3H3. The lowest BCUT2D eigenvalue weighted by molar-refractivity contribution is -0.443. The number of ether oxygens (including phenoxy) is 4. The van der Waals surface area contributed by atoms with E-state index in [4.69, 9.17) is 18.9 Å². The Morgan fingerprint density at radius 3 is 2.53 bits per heavy atom. The van der Waals surface area contributed by atoms with Crippen LogP contribution >= 0.6 is 0 Å². The first kappa shape index (κ1) is 13.2. The van der Waals surface area contributed by atoms with Crippen molar-refractivity contribution in [3.05, 3.63) is 33.5 Å². The Kier molecular flexibility index (Phi) is 3.57. The fraction of sp³-hybridized carbons (Fsp3) is 0.333. The van der Waals surface area contributed by atoms with Crippen molar-refractivity contribution >= 4 is 6.08 Å². The molecular weight excluding hydrogens is 254 g/mol. The fourth-order valence-corrected chi connectivity index (χ4v) is 1.80. The van der Waals surface area contributed by atoms with Crippen LogP contribution in [0.25, 0.3) is 6.08 Å². The predicted molar refractivity (Wildman–Crippen MR) is 65.9 cm³/mol. The maximum absolute atomic E-state index is 11.0. The number of methoxy groups -OCH3 is 3. The van der Waals surface area contributed by atoms with E-state index in [1.807, 2.05) is 0 Å². The van der Waals surface area contributed by atoms with E-state index < -0.39 is 11.2 Å². The molecule has 0 fully saturated rings. The van der Waals surface area contributed by atoms with E-state index in [0.717, 1.165) is 0 Å². The van der Waals surface area contributed by atoms with Crippen LogP contribution in [-0.4, -0.2) is 32.5 Å². The van der Waals surface area contributed by atoms with Gasteiger partial charge in [0, 0.05) is 24.8 Å². The minimum absolute atomic E-state index is 0.176. The van der Waals surface area contributed by atoms with Crippen LogP contribution in [0.1, 0.15) is 5.56 Å². The first-order valence-corrected chi connectivity index (χ1v) is 5.42. The van der Waals surface area contributed by atoms with Crippen LogP contribution in [0, 0.1) is 10.1 Å². The van der Waals surface area contributed by atoms with Crippen molar-refractivity contribution in [1.82, 2.24) is 0 Å². The maximum Gasteiger partial charge on any atom is 0.315 e. The summed E-state index contributed by atoms with van der Waals surface area (Å²) in [5.41, 5.74) is 0.335. The molecule has 0 amide bonds. The monoisotopic (exact) mass is 267 g/mol. The summed E-state index contributed by atoms with van der Waals surface area (Å²) in [6.07, 6.45) is 0.322. The summed E-state index contributed by atoms with van der Waals surface area (Å²) in [6.45, 7) is 0. The average Bonchev–Trinajstić information content (AvgIpc) is 2.44. The third-order valence-electron chi connectivity index (χ3n) is 2.71. The molecule has 1 unspecified atom stereocenters. The lowest BCUT2D eigenvalue weighted by atomic mass is 10.1. The number of fused-ring (bicyclic) bond motifs is 1. The van der Waals surface area contributed by atoms with Crippen molar-refractivity contribution in [3.8, 4) is 17.2 Å². The van der Waals surface area contributed by atoms with Crippen LogP contribution in [0.5, 0.6) is 17.2 Å². The fourth-order valence-electron chi connectivity index (χ4n) is 1.80. The Balaban J connectivity index is 2.57. The van der Waals surface area contributed by atoms with E-state index in [2.05, 4.69) is 0 Å². The largest absolute Gasteiger partial charge is 0.497 e. The number of rotatable bonds is 4. The van der Waals surface area contributed by atoms with E-state index in [1.54, 1.807) is 12.1 Å². The van der Waals surface area contributed by atoms with Gasteiger partial charge in [-0.3, -0.25) is 10.1 Å². The second kappa shape index (κ2) is 5.15. The zero-order valence-corrected chi connectivity index (χ0v) is 10.7. The van der Waals surface area contributed by atoms with Crippen LogP contribution in [0.4, 0.5) is 0 Å². The molecule has 7 nitrogen and oxygen atoms in total. The molecule has 0 radical (unpaired) electrons. The van der Waals surface area contributed by atoms with Crippen LogP contribution < -0.4 is 14.2 Å². The third kappa shape index (κ3) is 2.32. The second-order valence-electron chi connectivity index (χ2n) is 3.76. The smallest absolute Gasteiger partial charge is 0.315 e. The van der Waals surface area contributed by atoms with Crippen molar-refractivity contribution in [2.24, 2.45) is 0 Å². The lowest BCUT2D eigenvalue weighted by Gasteiger charge is -2.23. The Labute approximate surface area is 109 Å². The topological polar surface area (TPSA) is 80.1 Å². The quantitative estimate of drug-likeness (QED) is 0.610. The molecule has 1 aromatic rings. The molecule has 0 N–H and O–H groups in total. The molecule has 0 saturated carbocycles. The van der Waals surface area contributed by atoms with Gasteiger partial charge in [-0.25, -0.2) is 0 Å². The zero-order valence-electron chi connectivity index (χ0n) is 10.7. The van der Waals surface area contributed by atoms with Gasteiger partial charge in [0.2, 0.25) is 0 Å². The van der Waals surface area contributed by atoms with Gasteiger partial charge in [-0.05, 0) is 6.07 Å². The molecule has 19 heavy (non-hydrogen) atoms. The molecule has 0 saturated heterocycles. The van der Waals surface area contributed by atoms with Crippen LogP contribution in [0.15, 0.2) is 17.8 Å². The SMILES string of the molecule is COc1cc2c(c(OC)c1)OC(OC)C([N+](=O)[O-])=C2.